The van der Waals surface area contributed by atoms with Crippen LogP contribution in [0.15, 0.2) is 54.6 Å². The summed E-state index contributed by atoms with van der Waals surface area (Å²) in [6.07, 6.45) is 2.05. The molecule has 0 saturated carbocycles. The lowest BCUT2D eigenvalue weighted by atomic mass is 10.1. The van der Waals surface area contributed by atoms with E-state index in [9.17, 15) is 5.11 Å². The number of aliphatic hydroxyl groups is 1. The van der Waals surface area contributed by atoms with Crippen LogP contribution in [0.2, 0.25) is 30.7 Å². The number of halogens is 1. The van der Waals surface area contributed by atoms with Crippen LogP contribution in [0.5, 0.6) is 0 Å². The molecule has 0 bridgehead atoms. The van der Waals surface area contributed by atoms with Crippen LogP contribution in [-0.2, 0) is 0 Å². The molecule has 3 rings (SSSR count). The number of hydrogen-bond donors (Lipinski definition) is 1. The standard InChI is InChI=1S/C20H24ClN3OSi/c1-26(2,3)14-17(24-19-7-5-4-6-18(19)22-23-24)12-13-20(25)15-8-10-16(21)11-9-15/h4-12,20,25H,13-14H2,1-3H3. The van der Waals surface area contributed by atoms with Crippen LogP contribution < -0.4 is 0 Å². The Morgan fingerprint density at radius 1 is 1.15 bits per heavy atom. The van der Waals surface area contributed by atoms with Gasteiger partial charge in [-0.2, -0.15) is 0 Å². The van der Waals surface area contributed by atoms with Crippen molar-refractivity contribution in [3.05, 3.63) is 65.2 Å². The molecule has 4 nitrogen and oxygen atoms in total. The van der Waals surface area contributed by atoms with E-state index in [0.717, 1.165) is 28.3 Å². The Morgan fingerprint density at radius 3 is 2.54 bits per heavy atom. The van der Waals surface area contributed by atoms with Gasteiger partial charge >= 0.3 is 0 Å². The zero-order chi connectivity index (χ0) is 18.7. The summed E-state index contributed by atoms with van der Waals surface area (Å²) in [5.74, 6) is 0. The predicted molar refractivity (Wildman–Crippen MR) is 111 cm³/mol. The van der Waals surface area contributed by atoms with E-state index in [1.807, 2.05) is 41.1 Å². The van der Waals surface area contributed by atoms with Gasteiger partial charge < -0.3 is 5.11 Å². The zero-order valence-corrected chi connectivity index (χ0v) is 17.1. The van der Waals surface area contributed by atoms with Gasteiger partial charge in [0.1, 0.15) is 5.52 Å². The van der Waals surface area contributed by atoms with Crippen LogP contribution in [0.3, 0.4) is 0 Å². The third kappa shape index (κ3) is 4.61. The Morgan fingerprint density at radius 2 is 1.85 bits per heavy atom. The number of allylic oxidation sites excluding steroid dienone is 1. The van der Waals surface area contributed by atoms with Crippen LogP contribution >= 0.6 is 11.6 Å². The van der Waals surface area contributed by atoms with Crippen molar-refractivity contribution in [3.8, 4) is 0 Å². The minimum atomic E-state index is -1.38. The minimum absolute atomic E-state index is 0.523. The third-order valence-corrected chi connectivity index (χ3v) is 5.84. The fourth-order valence-corrected chi connectivity index (χ4v) is 4.43. The zero-order valence-electron chi connectivity index (χ0n) is 15.4. The smallest absolute Gasteiger partial charge is 0.113 e. The van der Waals surface area contributed by atoms with Crippen molar-refractivity contribution in [2.75, 3.05) is 0 Å². The summed E-state index contributed by atoms with van der Waals surface area (Å²) in [7, 11) is -1.38. The Bertz CT molecular complexity index is 913. The number of aliphatic hydroxyl groups excluding tert-OH is 1. The molecule has 1 unspecified atom stereocenters. The number of hydrogen-bond acceptors (Lipinski definition) is 3. The molecule has 26 heavy (non-hydrogen) atoms. The topological polar surface area (TPSA) is 50.9 Å². The largest absolute Gasteiger partial charge is 0.388 e. The lowest BCUT2D eigenvalue weighted by Crippen LogP contribution is -2.21. The fraction of sp³-hybridized carbons (Fsp3) is 0.300. The SMILES string of the molecule is C[Si](C)(C)CC(=CCC(O)c1ccc(Cl)cc1)n1nnc2ccccc21. The van der Waals surface area contributed by atoms with Gasteiger partial charge in [0.2, 0.25) is 0 Å². The molecule has 0 saturated heterocycles. The van der Waals surface area contributed by atoms with Crippen LogP contribution in [0.1, 0.15) is 18.1 Å². The first-order valence-electron chi connectivity index (χ1n) is 8.77. The number of para-hydroxylation sites is 1. The molecule has 0 fully saturated rings. The molecular weight excluding hydrogens is 362 g/mol. The highest BCUT2D eigenvalue weighted by Crippen LogP contribution is 2.26. The second-order valence-corrected chi connectivity index (χ2v) is 13.6. The Balaban J connectivity index is 1.90. The summed E-state index contributed by atoms with van der Waals surface area (Å²) in [5.41, 5.74) is 3.84. The first kappa shape index (κ1) is 18.8. The van der Waals surface area contributed by atoms with Crippen molar-refractivity contribution in [1.29, 1.82) is 0 Å². The molecule has 0 aliphatic heterocycles. The molecule has 0 radical (unpaired) electrons. The van der Waals surface area contributed by atoms with E-state index in [1.165, 1.54) is 0 Å². The highest BCUT2D eigenvalue weighted by atomic mass is 35.5. The average Bonchev–Trinajstić information content (AvgIpc) is 3.02. The van der Waals surface area contributed by atoms with E-state index in [0.29, 0.717) is 11.4 Å². The van der Waals surface area contributed by atoms with Crippen molar-refractivity contribution >= 4 is 36.4 Å². The van der Waals surface area contributed by atoms with Gasteiger partial charge in [-0.15, -0.1) is 5.10 Å². The first-order valence-corrected chi connectivity index (χ1v) is 12.9. The molecule has 1 N–H and O–H groups in total. The van der Waals surface area contributed by atoms with Crippen LogP contribution in [0.25, 0.3) is 16.7 Å². The highest BCUT2D eigenvalue weighted by molar-refractivity contribution is 6.77. The minimum Gasteiger partial charge on any atom is -0.388 e. The van der Waals surface area contributed by atoms with E-state index < -0.39 is 14.2 Å². The van der Waals surface area contributed by atoms with Crippen LogP contribution in [-0.4, -0.2) is 28.2 Å². The lowest BCUT2D eigenvalue weighted by molar-refractivity contribution is 0.181. The summed E-state index contributed by atoms with van der Waals surface area (Å²) < 4.78 is 1.92. The molecule has 1 aromatic heterocycles. The average molecular weight is 386 g/mol. The van der Waals surface area contributed by atoms with E-state index in [2.05, 4.69) is 36.0 Å². The Kier molecular flexibility index (Phi) is 5.60. The molecule has 0 aliphatic carbocycles. The van der Waals surface area contributed by atoms with Gasteiger partial charge in [-0.1, -0.05) is 66.8 Å². The van der Waals surface area contributed by atoms with Crippen molar-refractivity contribution in [1.82, 2.24) is 15.0 Å². The van der Waals surface area contributed by atoms with Gasteiger partial charge in [-0.05, 0) is 42.3 Å². The van der Waals surface area contributed by atoms with Gasteiger partial charge in [0.05, 0.1) is 19.7 Å². The molecule has 0 aliphatic rings. The molecular formula is C20H24ClN3OSi. The second kappa shape index (κ2) is 7.74. The lowest BCUT2D eigenvalue weighted by Gasteiger charge is -2.19. The van der Waals surface area contributed by atoms with Gasteiger partial charge in [0.25, 0.3) is 0 Å². The van der Waals surface area contributed by atoms with Gasteiger partial charge in [-0.3, -0.25) is 0 Å². The molecule has 0 amide bonds. The van der Waals surface area contributed by atoms with Crippen molar-refractivity contribution in [2.24, 2.45) is 0 Å². The van der Waals surface area contributed by atoms with Crippen molar-refractivity contribution in [3.63, 3.8) is 0 Å². The number of nitrogens with zero attached hydrogens (tertiary/aromatic N) is 3. The molecule has 2 aromatic carbocycles. The van der Waals surface area contributed by atoms with Gasteiger partial charge in [0.15, 0.2) is 0 Å². The van der Waals surface area contributed by atoms with Crippen molar-refractivity contribution in [2.45, 2.75) is 38.2 Å². The van der Waals surface area contributed by atoms with E-state index in [1.54, 1.807) is 12.1 Å². The molecule has 6 heteroatoms. The maximum absolute atomic E-state index is 10.5. The van der Waals surface area contributed by atoms with Crippen LogP contribution in [0, 0.1) is 0 Å². The maximum atomic E-state index is 10.5. The monoisotopic (exact) mass is 385 g/mol. The quantitative estimate of drug-likeness (QED) is 0.579. The normalized spacial score (nSPS) is 14.0. The third-order valence-electron chi connectivity index (χ3n) is 4.17. The van der Waals surface area contributed by atoms with Crippen LogP contribution in [0.4, 0.5) is 0 Å². The van der Waals surface area contributed by atoms with E-state index >= 15 is 0 Å². The summed E-state index contributed by atoms with van der Waals surface area (Å²) in [5, 5.41) is 19.9. The number of benzene rings is 2. The molecule has 136 valence electrons. The van der Waals surface area contributed by atoms with E-state index in [4.69, 9.17) is 11.6 Å². The molecule has 1 atom stereocenters. The molecule has 0 spiro atoms. The summed E-state index contributed by atoms with van der Waals surface area (Å²) in [6.45, 7) is 6.99. The molecule has 1 heterocycles. The fourth-order valence-electron chi connectivity index (χ4n) is 2.93. The maximum Gasteiger partial charge on any atom is 0.113 e. The number of rotatable bonds is 6. The molecule has 3 aromatic rings. The Hall–Kier alpha value is -1.95. The Labute approximate surface area is 160 Å². The number of fused-ring (bicyclic) bond motifs is 1. The summed E-state index contributed by atoms with van der Waals surface area (Å²) >= 11 is 5.93. The van der Waals surface area contributed by atoms with Gasteiger partial charge in [0, 0.05) is 10.7 Å². The summed E-state index contributed by atoms with van der Waals surface area (Å²) in [4.78, 5) is 0. The van der Waals surface area contributed by atoms with E-state index in [-0.39, 0.29) is 0 Å². The second-order valence-electron chi connectivity index (χ2n) is 7.73. The number of aromatic nitrogens is 3. The highest BCUT2D eigenvalue weighted by Gasteiger charge is 2.19. The van der Waals surface area contributed by atoms with Gasteiger partial charge in [-0.25, -0.2) is 4.68 Å². The predicted octanol–water partition coefficient (Wildman–Crippen LogP) is 5.39. The first-order chi connectivity index (χ1) is 12.3. The van der Waals surface area contributed by atoms with Crippen molar-refractivity contribution < 1.29 is 5.11 Å². The summed E-state index contributed by atoms with van der Waals surface area (Å²) in [6, 6.07) is 16.3.